The molecule has 0 radical (unpaired) electrons. The topological polar surface area (TPSA) is 45.0 Å². The number of hydrogen-bond acceptors (Lipinski definition) is 3. The van der Waals surface area contributed by atoms with E-state index in [0.29, 0.717) is 17.9 Å². The van der Waals surface area contributed by atoms with E-state index in [1.54, 1.807) is 6.07 Å². The smallest absolute Gasteiger partial charge is 0.140 e. The van der Waals surface area contributed by atoms with Gasteiger partial charge in [0.25, 0.3) is 0 Å². The standard InChI is InChI=1S/C12H16N2O/c1-3-14-7-8-15-12-10(2)5-4-6-11(12)9-13/h4-6,14H,3,7-8H2,1-2H3. The van der Waals surface area contributed by atoms with E-state index < -0.39 is 0 Å². The Hall–Kier alpha value is -1.53. The zero-order chi connectivity index (χ0) is 11.1. The Balaban J connectivity index is 2.63. The first kappa shape index (κ1) is 11.5. The molecule has 0 aliphatic heterocycles. The number of nitrogens with zero attached hydrogens (tertiary/aromatic N) is 1. The van der Waals surface area contributed by atoms with Crippen LogP contribution in [0.4, 0.5) is 0 Å². The Morgan fingerprint density at radius 1 is 1.47 bits per heavy atom. The minimum absolute atomic E-state index is 0.591. The Kier molecular flexibility index (Phi) is 4.65. The summed E-state index contributed by atoms with van der Waals surface area (Å²) < 4.78 is 5.58. The van der Waals surface area contributed by atoms with Crippen LogP contribution in [0.5, 0.6) is 5.75 Å². The second-order valence-electron chi connectivity index (χ2n) is 3.27. The number of benzene rings is 1. The molecule has 0 aliphatic carbocycles. The minimum atomic E-state index is 0.591. The van der Waals surface area contributed by atoms with Crippen molar-refractivity contribution in [3.63, 3.8) is 0 Å². The van der Waals surface area contributed by atoms with Crippen molar-refractivity contribution in [3.8, 4) is 11.8 Å². The molecule has 1 N–H and O–H groups in total. The molecule has 1 rings (SSSR count). The van der Waals surface area contributed by atoms with Gasteiger partial charge in [-0.25, -0.2) is 0 Å². The van der Waals surface area contributed by atoms with Gasteiger partial charge in [0.15, 0.2) is 0 Å². The monoisotopic (exact) mass is 204 g/mol. The molecule has 3 nitrogen and oxygen atoms in total. The van der Waals surface area contributed by atoms with Crippen molar-refractivity contribution in [2.24, 2.45) is 0 Å². The zero-order valence-electron chi connectivity index (χ0n) is 9.21. The lowest BCUT2D eigenvalue weighted by atomic mass is 10.1. The summed E-state index contributed by atoms with van der Waals surface area (Å²) in [6, 6.07) is 7.72. The Morgan fingerprint density at radius 2 is 2.27 bits per heavy atom. The molecule has 0 aromatic heterocycles. The average molecular weight is 204 g/mol. The first-order valence-corrected chi connectivity index (χ1v) is 5.12. The van der Waals surface area contributed by atoms with Gasteiger partial charge in [0.1, 0.15) is 18.4 Å². The van der Waals surface area contributed by atoms with Gasteiger partial charge in [0, 0.05) is 6.54 Å². The molecule has 0 bridgehead atoms. The summed E-state index contributed by atoms with van der Waals surface area (Å²) in [5.74, 6) is 0.706. The van der Waals surface area contributed by atoms with Gasteiger partial charge in [-0.15, -0.1) is 0 Å². The normalized spacial score (nSPS) is 9.67. The van der Waals surface area contributed by atoms with Crippen LogP contribution >= 0.6 is 0 Å². The molecule has 0 heterocycles. The summed E-state index contributed by atoms with van der Waals surface area (Å²) in [5, 5.41) is 12.1. The van der Waals surface area contributed by atoms with Crippen molar-refractivity contribution < 1.29 is 4.74 Å². The van der Waals surface area contributed by atoms with Gasteiger partial charge in [0.2, 0.25) is 0 Å². The van der Waals surface area contributed by atoms with Gasteiger partial charge >= 0.3 is 0 Å². The number of nitriles is 1. The van der Waals surface area contributed by atoms with Crippen LogP contribution in [0.25, 0.3) is 0 Å². The van der Waals surface area contributed by atoms with E-state index in [2.05, 4.69) is 18.3 Å². The molecule has 80 valence electrons. The van der Waals surface area contributed by atoms with Crippen LogP contribution in [0.15, 0.2) is 18.2 Å². The summed E-state index contributed by atoms with van der Waals surface area (Å²) in [7, 11) is 0. The van der Waals surface area contributed by atoms with E-state index in [1.165, 1.54) is 0 Å². The van der Waals surface area contributed by atoms with Crippen LogP contribution in [0, 0.1) is 18.3 Å². The summed E-state index contributed by atoms with van der Waals surface area (Å²) in [4.78, 5) is 0. The van der Waals surface area contributed by atoms with Crippen molar-refractivity contribution in [2.75, 3.05) is 19.7 Å². The molecule has 15 heavy (non-hydrogen) atoms. The van der Waals surface area contributed by atoms with E-state index in [4.69, 9.17) is 10.00 Å². The zero-order valence-corrected chi connectivity index (χ0v) is 9.21. The lowest BCUT2D eigenvalue weighted by Crippen LogP contribution is -2.20. The molecule has 0 aliphatic rings. The number of ether oxygens (including phenoxy) is 1. The van der Waals surface area contributed by atoms with Gasteiger partial charge in [0.05, 0.1) is 5.56 Å². The molecule has 3 heteroatoms. The van der Waals surface area contributed by atoms with E-state index in [9.17, 15) is 0 Å². The van der Waals surface area contributed by atoms with E-state index >= 15 is 0 Å². The minimum Gasteiger partial charge on any atom is -0.491 e. The lowest BCUT2D eigenvalue weighted by Gasteiger charge is -2.10. The fourth-order valence-electron chi connectivity index (χ4n) is 1.33. The first-order chi connectivity index (χ1) is 7.29. The third-order valence-corrected chi connectivity index (χ3v) is 2.11. The number of hydrogen-bond donors (Lipinski definition) is 1. The molecule has 0 fully saturated rings. The molecule has 0 unspecified atom stereocenters. The lowest BCUT2D eigenvalue weighted by molar-refractivity contribution is 0.312. The molecular weight excluding hydrogens is 188 g/mol. The van der Waals surface area contributed by atoms with Crippen LogP contribution in [0.2, 0.25) is 0 Å². The maximum Gasteiger partial charge on any atom is 0.140 e. The number of rotatable bonds is 5. The highest BCUT2D eigenvalue weighted by atomic mass is 16.5. The molecule has 1 aromatic rings. The quantitative estimate of drug-likeness (QED) is 0.744. The van der Waals surface area contributed by atoms with Gasteiger partial charge in [-0.1, -0.05) is 19.1 Å². The van der Waals surface area contributed by atoms with Crippen LogP contribution < -0.4 is 10.1 Å². The summed E-state index contributed by atoms with van der Waals surface area (Å²) in [5.41, 5.74) is 1.61. The van der Waals surface area contributed by atoms with Crippen LogP contribution in [-0.4, -0.2) is 19.7 Å². The summed E-state index contributed by atoms with van der Waals surface area (Å²) in [6.07, 6.45) is 0. The highest BCUT2D eigenvalue weighted by Crippen LogP contribution is 2.22. The Morgan fingerprint density at radius 3 is 2.93 bits per heavy atom. The predicted molar refractivity (Wildman–Crippen MR) is 59.9 cm³/mol. The summed E-state index contributed by atoms with van der Waals surface area (Å²) in [6.45, 7) is 6.32. The van der Waals surface area contributed by atoms with Crippen molar-refractivity contribution in [2.45, 2.75) is 13.8 Å². The second-order valence-corrected chi connectivity index (χ2v) is 3.27. The van der Waals surface area contributed by atoms with E-state index in [-0.39, 0.29) is 0 Å². The first-order valence-electron chi connectivity index (χ1n) is 5.12. The number of nitrogens with one attached hydrogen (secondary N) is 1. The maximum atomic E-state index is 8.90. The van der Waals surface area contributed by atoms with Gasteiger partial charge in [-0.05, 0) is 25.1 Å². The van der Waals surface area contributed by atoms with Crippen LogP contribution in [-0.2, 0) is 0 Å². The highest BCUT2D eigenvalue weighted by molar-refractivity contribution is 5.47. The van der Waals surface area contributed by atoms with Crippen molar-refractivity contribution in [1.29, 1.82) is 5.26 Å². The second kappa shape index (κ2) is 6.05. The highest BCUT2D eigenvalue weighted by Gasteiger charge is 2.05. The molecule has 0 spiro atoms. The fourth-order valence-corrected chi connectivity index (χ4v) is 1.33. The molecule has 1 aromatic carbocycles. The Bertz CT molecular complexity index is 355. The average Bonchev–Trinajstić information content (AvgIpc) is 2.26. The Labute approximate surface area is 90.7 Å². The van der Waals surface area contributed by atoms with Crippen molar-refractivity contribution in [1.82, 2.24) is 5.32 Å². The fraction of sp³-hybridized carbons (Fsp3) is 0.417. The van der Waals surface area contributed by atoms with Crippen molar-refractivity contribution >= 4 is 0 Å². The third-order valence-electron chi connectivity index (χ3n) is 2.11. The van der Waals surface area contributed by atoms with Crippen molar-refractivity contribution in [3.05, 3.63) is 29.3 Å². The molecular formula is C12H16N2O. The molecule has 0 saturated carbocycles. The molecule has 0 atom stereocenters. The van der Waals surface area contributed by atoms with E-state index in [1.807, 2.05) is 19.1 Å². The van der Waals surface area contributed by atoms with E-state index in [0.717, 1.165) is 18.7 Å². The maximum absolute atomic E-state index is 8.90. The van der Waals surface area contributed by atoms with Gasteiger partial charge < -0.3 is 10.1 Å². The third kappa shape index (κ3) is 3.26. The molecule has 0 saturated heterocycles. The number of likely N-dealkylation sites (N-methyl/N-ethyl adjacent to an activating group) is 1. The van der Waals surface area contributed by atoms with Gasteiger partial charge in [-0.3, -0.25) is 0 Å². The number of para-hydroxylation sites is 1. The van der Waals surface area contributed by atoms with Crippen LogP contribution in [0.1, 0.15) is 18.1 Å². The van der Waals surface area contributed by atoms with Gasteiger partial charge in [-0.2, -0.15) is 5.26 Å². The summed E-state index contributed by atoms with van der Waals surface area (Å²) >= 11 is 0. The number of aryl methyl sites for hydroxylation is 1. The SMILES string of the molecule is CCNCCOc1c(C)cccc1C#N. The predicted octanol–water partition coefficient (Wildman–Crippen LogP) is 1.85. The molecule has 0 amide bonds. The largest absolute Gasteiger partial charge is 0.491 e. The van der Waals surface area contributed by atoms with Crippen LogP contribution in [0.3, 0.4) is 0 Å².